The third kappa shape index (κ3) is 9.59. The van der Waals surface area contributed by atoms with Gasteiger partial charge in [-0.25, -0.2) is 0 Å². The van der Waals surface area contributed by atoms with Crippen LogP contribution < -0.4 is 5.32 Å². The van der Waals surface area contributed by atoms with Crippen LogP contribution in [0.3, 0.4) is 0 Å². The molecule has 0 amide bonds. The molecule has 0 radical (unpaired) electrons. The molecule has 2 nitrogen and oxygen atoms in total. The molecule has 1 atom stereocenters. The van der Waals surface area contributed by atoms with Gasteiger partial charge in [0.1, 0.15) is 0 Å². The van der Waals surface area contributed by atoms with E-state index in [1.807, 2.05) is 6.08 Å². The molecule has 0 saturated heterocycles. The highest BCUT2D eigenvalue weighted by atomic mass is 32.1. The maximum atomic E-state index is 3.60. The fraction of sp³-hybridized carbons (Fsp3) is 0.407. The Morgan fingerprint density at radius 2 is 2.03 bits per heavy atom. The topological polar surface area (TPSA) is 15.3 Å². The molecule has 2 rings (SSSR count). The molecule has 0 bridgehead atoms. The van der Waals surface area contributed by atoms with Gasteiger partial charge in [-0.05, 0) is 79.9 Å². The van der Waals surface area contributed by atoms with Gasteiger partial charge in [-0.2, -0.15) is 11.3 Å². The van der Waals surface area contributed by atoms with Gasteiger partial charge in [0.2, 0.25) is 0 Å². The summed E-state index contributed by atoms with van der Waals surface area (Å²) in [4.78, 5) is 2.42. The van der Waals surface area contributed by atoms with E-state index in [1.165, 1.54) is 16.7 Å². The van der Waals surface area contributed by atoms with Crippen LogP contribution in [0.1, 0.15) is 40.2 Å². The monoisotopic (exact) mass is 420 g/mol. The van der Waals surface area contributed by atoms with Crippen LogP contribution in [0.15, 0.2) is 59.3 Å². The lowest BCUT2D eigenvalue weighted by atomic mass is 9.98. The Bertz CT molecular complexity index is 860. The van der Waals surface area contributed by atoms with Gasteiger partial charge < -0.3 is 5.32 Å². The second kappa shape index (κ2) is 12.5. The van der Waals surface area contributed by atoms with Crippen molar-refractivity contribution in [2.45, 2.75) is 40.7 Å². The number of benzene rings is 1. The van der Waals surface area contributed by atoms with Gasteiger partial charge in [0.15, 0.2) is 0 Å². The van der Waals surface area contributed by atoms with Crippen molar-refractivity contribution < 1.29 is 0 Å². The Hall–Kier alpha value is -2.12. The van der Waals surface area contributed by atoms with Crippen LogP contribution in [-0.4, -0.2) is 37.1 Å². The number of nitrogens with zero attached hydrogens (tertiary/aromatic N) is 1. The number of nitrogens with one attached hydrogen (secondary N) is 1. The molecule has 1 N–H and O–H groups in total. The summed E-state index contributed by atoms with van der Waals surface area (Å²) in [6, 6.07) is 11.2. The summed E-state index contributed by atoms with van der Waals surface area (Å²) in [5, 5.41) is 7.92. The Kier molecular flexibility index (Phi) is 10.1. The minimum Gasteiger partial charge on any atom is -0.310 e. The number of hydrogen-bond donors (Lipinski definition) is 1. The molecule has 1 unspecified atom stereocenters. The molecule has 2 aromatic rings. The first-order valence-electron chi connectivity index (χ1n) is 10.8. The van der Waals surface area contributed by atoms with E-state index < -0.39 is 0 Å². The van der Waals surface area contributed by atoms with E-state index >= 15 is 0 Å². The van der Waals surface area contributed by atoms with Gasteiger partial charge in [-0.3, -0.25) is 4.90 Å². The van der Waals surface area contributed by atoms with Crippen LogP contribution in [0, 0.1) is 17.3 Å². The van der Waals surface area contributed by atoms with Crippen molar-refractivity contribution in [3.8, 4) is 23.0 Å². The largest absolute Gasteiger partial charge is 0.310 e. The van der Waals surface area contributed by atoms with E-state index in [0.29, 0.717) is 6.04 Å². The van der Waals surface area contributed by atoms with Gasteiger partial charge in [0.25, 0.3) is 0 Å². The lowest BCUT2D eigenvalue weighted by Gasteiger charge is -2.19. The zero-order chi connectivity index (χ0) is 21.8. The summed E-state index contributed by atoms with van der Waals surface area (Å²) >= 11 is 1.74. The fourth-order valence-corrected chi connectivity index (χ4v) is 3.59. The van der Waals surface area contributed by atoms with Crippen LogP contribution in [0.2, 0.25) is 0 Å². The Labute approximate surface area is 187 Å². The highest BCUT2D eigenvalue weighted by Crippen LogP contribution is 2.23. The van der Waals surface area contributed by atoms with Gasteiger partial charge in [0, 0.05) is 31.1 Å². The van der Waals surface area contributed by atoms with Gasteiger partial charge in [-0.1, -0.05) is 55.2 Å². The van der Waals surface area contributed by atoms with E-state index in [-0.39, 0.29) is 5.41 Å². The molecule has 1 heterocycles. The third-order valence-electron chi connectivity index (χ3n) is 4.67. The second-order valence-corrected chi connectivity index (χ2v) is 9.33. The summed E-state index contributed by atoms with van der Waals surface area (Å²) in [7, 11) is 0. The summed E-state index contributed by atoms with van der Waals surface area (Å²) < 4.78 is 0. The maximum absolute atomic E-state index is 3.60. The summed E-state index contributed by atoms with van der Waals surface area (Å²) in [5.74, 6) is 6.38. The smallest absolute Gasteiger partial charge is 0.0233 e. The molecule has 0 aliphatic heterocycles. The van der Waals surface area contributed by atoms with Crippen molar-refractivity contribution in [1.82, 2.24) is 10.2 Å². The van der Waals surface area contributed by atoms with Gasteiger partial charge >= 0.3 is 0 Å². The van der Waals surface area contributed by atoms with E-state index in [9.17, 15) is 0 Å². The highest BCUT2D eigenvalue weighted by Gasteiger charge is 2.03. The number of thiophene rings is 1. The van der Waals surface area contributed by atoms with Crippen LogP contribution in [0.5, 0.6) is 0 Å². The predicted octanol–water partition coefficient (Wildman–Crippen LogP) is 6.33. The van der Waals surface area contributed by atoms with E-state index in [1.54, 1.807) is 11.3 Å². The van der Waals surface area contributed by atoms with E-state index in [0.717, 1.165) is 26.2 Å². The quantitative estimate of drug-likeness (QED) is 0.452. The lowest BCUT2D eigenvalue weighted by Crippen LogP contribution is -2.35. The summed E-state index contributed by atoms with van der Waals surface area (Å²) in [6.45, 7) is 14.8. The van der Waals surface area contributed by atoms with Gasteiger partial charge in [-0.15, -0.1) is 0 Å². The Morgan fingerprint density at radius 1 is 1.20 bits per heavy atom. The van der Waals surface area contributed by atoms with E-state index in [4.69, 9.17) is 0 Å². The standard InChI is InChI=1S/C27H36N2S/c1-6-29(18-9-7-8-16-27(3,4)5)19-17-28-23(2)13-14-24-11-10-12-25(21-24)26-15-20-30-22-26/h7,9-15,20-23,28H,6,17-19H2,1-5H3/b9-7+,14-13+. The number of allylic oxidation sites excluding steroid dienone is 1. The van der Waals surface area contributed by atoms with Crippen LogP contribution in [0.25, 0.3) is 17.2 Å². The predicted molar refractivity (Wildman–Crippen MR) is 135 cm³/mol. The average Bonchev–Trinajstić information content (AvgIpc) is 3.25. The molecule has 3 heteroatoms. The first kappa shape index (κ1) is 24.2. The molecule has 0 fully saturated rings. The van der Waals surface area contributed by atoms with Gasteiger partial charge in [0.05, 0.1) is 0 Å². The molecule has 0 spiro atoms. The third-order valence-corrected chi connectivity index (χ3v) is 5.36. The zero-order valence-corrected chi connectivity index (χ0v) is 19.9. The van der Waals surface area contributed by atoms with E-state index in [2.05, 4.69) is 116 Å². The summed E-state index contributed by atoms with van der Waals surface area (Å²) in [6.07, 6.45) is 8.59. The molecule has 1 aromatic carbocycles. The second-order valence-electron chi connectivity index (χ2n) is 8.55. The molecule has 30 heavy (non-hydrogen) atoms. The average molecular weight is 421 g/mol. The van der Waals surface area contributed by atoms with Crippen LogP contribution in [-0.2, 0) is 0 Å². The minimum absolute atomic E-state index is 0.0631. The number of rotatable bonds is 10. The van der Waals surface area contributed by atoms with Crippen molar-refractivity contribution in [1.29, 1.82) is 0 Å². The van der Waals surface area contributed by atoms with Crippen LogP contribution >= 0.6 is 11.3 Å². The van der Waals surface area contributed by atoms with Crippen molar-refractivity contribution in [2.24, 2.45) is 5.41 Å². The number of likely N-dealkylation sites (N-methyl/N-ethyl adjacent to an activating group) is 1. The normalized spacial score (nSPS) is 13.1. The molecule has 160 valence electrons. The van der Waals surface area contributed by atoms with Crippen molar-refractivity contribution in [3.05, 3.63) is 64.9 Å². The number of hydrogen-bond acceptors (Lipinski definition) is 3. The molecule has 0 aliphatic rings. The summed E-state index contributed by atoms with van der Waals surface area (Å²) in [5.41, 5.74) is 3.87. The van der Waals surface area contributed by atoms with Crippen molar-refractivity contribution >= 4 is 17.4 Å². The van der Waals surface area contributed by atoms with Crippen LogP contribution in [0.4, 0.5) is 0 Å². The SMILES string of the molecule is CCN(C/C=C/C#CC(C)(C)C)CCNC(C)/C=C/c1cccc(-c2ccsc2)c1. The molecular weight excluding hydrogens is 384 g/mol. The molecule has 0 aliphatic carbocycles. The molecule has 0 saturated carbocycles. The molecule has 1 aromatic heterocycles. The Balaban J connectivity index is 1.75. The Morgan fingerprint density at radius 3 is 2.73 bits per heavy atom. The lowest BCUT2D eigenvalue weighted by molar-refractivity contribution is 0.315. The highest BCUT2D eigenvalue weighted by molar-refractivity contribution is 7.08. The zero-order valence-electron chi connectivity index (χ0n) is 19.1. The van der Waals surface area contributed by atoms with Crippen molar-refractivity contribution in [2.75, 3.05) is 26.2 Å². The van der Waals surface area contributed by atoms with Crippen molar-refractivity contribution in [3.63, 3.8) is 0 Å². The first-order valence-corrected chi connectivity index (χ1v) is 11.8. The molecular formula is C27H36N2S. The minimum atomic E-state index is 0.0631. The maximum Gasteiger partial charge on any atom is 0.0233 e. The first-order chi connectivity index (χ1) is 14.4. The fourth-order valence-electron chi connectivity index (χ4n) is 2.92.